The molecule has 0 spiro atoms. The molecule has 7 nitrogen and oxygen atoms in total. The summed E-state index contributed by atoms with van der Waals surface area (Å²) in [6.45, 7) is 9.21. The highest BCUT2D eigenvalue weighted by Crippen LogP contribution is 2.50. The van der Waals surface area contributed by atoms with E-state index in [9.17, 15) is 30.0 Å². The van der Waals surface area contributed by atoms with E-state index < -0.39 is 40.9 Å². The summed E-state index contributed by atoms with van der Waals surface area (Å²) >= 11 is 0. The number of Topliss-reactive ketones (excluding diaryl/α,β-unsaturated/α-hetero) is 1. The molecule has 0 unspecified atom stereocenters. The molecule has 0 amide bonds. The zero-order chi connectivity index (χ0) is 20.9. The summed E-state index contributed by atoms with van der Waals surface area (Å²) in [5.74, 6) is -2.00. The Bertz CT molecular complexity index is 659. The normalized spacial score (nSPS) is 37.7. The minimum Gasteiger partial charge on any atom is -0.457 e. The van der Waals surface area contributed by atoms with Crippen molar-refractivity contribution in [2.75, 3.05) is 0 Å². The number of aliphatic hydroxyl groups is 4. The Morgan fingerprint density at radius 1 is 1.30 bits per heavy atom. The Kier molecular flexibility index (Phi) is 5.67. The van der Waals surface area contributed by atoms with Gasteiger partial charge in [-0.1, -0.05) is 19.4 Å². The summed E-state index contributed by atoms with van der Waals surface area (Å²) in [5, 5.41) is 42.5. The molecule has 6 atom stereocenters. The van der Waals surface area contributed by atoms with Crippen LogP contribution in [-0.2, 0) is 14.3 Å². The summed E-state index contributed by atoms with van der Waals surface area (Å²) in [5.41, 5.74) is -4.99. The van der Waals surface area contributed by atoms with Gasteiger partial charge in [-0.3, -0.25) is 4.79 Å². The molecular formula is C20H32O7. The molecule has 2 aliphatic rings. The minimum atomic E-state index is -2.17. The summed E-state index contributed by atoms with van der Waals surface area (Å²) < 4.78 is 5.42. The largest absolute Gasteiger partial charge is 0.457 e. The van der Waals surface area contributed by atoms with Gasteiger partial charge in [-0.05, 0) is 52.9 Å². The highest BCUT2D eigenvalue weighted by molar-refractivity contribution is 6.01. The number of ether oxygens (including phenoxy) is 1. The summed E-state index contributed by atoms with van der Waals surface area (Å²) in [4.78, 5) is 25.6. The second kappa shape index (κ2) is 6.95. The van der Waals surface area contributed by atoms with E-state index in [0.717, 1.165) is 12.5 Å². The van der Waals surface area contributed by atoms with Gasteiger partial charge in [-0.15, -0.1) is 0 Å². The molecule has 1 fully saturated rings. The molecule has 0 heterocycles. The summed E-state index contributed by atoms with van der Waals surface area (Å²) in [7, 11) is 0. The van der Waals surface area contributed by atoms with Gasteiger partial charge in [-0.2, -0.15) is 0 Å². The van der Waals surface area contributed by atoms with Gasteiger partial charge in [0.2, 0.25) is 0 Å². The first-order chi connectivity index (χ1) is 12.2. The number of ketones is 1. The highest BCUT2D eigenvalue weighted by Gasteiger charge is 2.62. The Labute approximate surface area is 160 Å². The molecule has 4 N–H and O–H groups in total. The predicted molar refractivity (Wildman–Crippen MR) is 97.6 cm³/mol. The van der Waals surface area contributed by atoms with Crippen molar-refractivity contribution >= 4 is 11.8 Å². The van der Waals surface area contributed by atoms with E-state index in [0.29, 0.717) is 6.42 Å². The van der Waals surface area contributed by atoms with Crippen LogP contribution in [0.15, 0.2) is 11.1 Å². The van der Waals surface area contributed by atoms with Gasteiger partial charge in [0.15, 0.2) is 11.4 Å². The van der Waals surface area contributed by atoms with Crippen molar-refractivity contribution in [3.05, 3.63) is 11.1 Å². The van der Waals surface area contributed by atoms with E-state index in [1.807, 2.05) is 13.8 Å². The lowest BCUT2D eigenvalue weighted by Crippen LogP contribution is -2.61. The molecule has 27 heavy (non-hydrogen) atoms. The van der Waals surface area contributed by atoms with Crippen molar-refractivity contribution in [2.24, 2.45) is 11.8 Å². The van der Waals surface area contributed by atoms with Gasteiger partial charge in [0.05, 0.1) is 6.10 Å². The Morgan fingerprint density at radius 3 is 2.33 bits per heavy atom. The molecule has 2 rings (SSSR count). The standard InChI is InChI=1S/C20H32O7/c1-10(2)13-9-14(27-17(23)18(5,24)12(4)21)19(6,25)20(26)8-7-11(3)15(20)16(13)22/h10,12-14,21,24-26H,7-9H2,1-6H3/t12-,13-,14-,18-,19+,20-/m0/s1. The van der Waals surface area contributed by atoms with Crippen molar-refractivity contribution in [3.63, 3.8) is 0 Å². The van der Waals surface area contributed by atoms with E-state index in [1.54, 1.807) is 6.92 Å². The van der Waals surface area contributed by atoms with E-state index >= 15 is 0 Å². The molecule has 0 bridgehead atoms. The maximum absolute atomic E-state index is 13.1. The number of hydrogen-bond donors (Lipinski definition) is 4. The lowest BCUT2D eigenvalue weighted by molar-refractivity contribution is -0.213. The van der Waals surface area contributed by atoms with Crippen LogP contribution in [0.5, 0.6) is 0 Å². The second-order valence-corrected chi connectivity index (χ2v) is 8.83. The van der Waals surface area contributed by atoms with Gasteiger partial charge in [0.1, 0.15) is 17.3 Å². The van der Waals surface area contributed by atoms with E-state index in [-0.39, 0.29) is 30.1 Å². The van der Waals surface area contributed by atoms with Crippen LogP contribution in [0.25, 0.3) is 0 Å². The Balaban J connectivity index is 2.52. The smallest absolute Gasteiger partial charge is 0.340 e. The number of allylic oxidation sites excluding steroid dienone is 1. The van der Waals surface area contributed by atoms with Gasteiger partial charge >= 0.3 is 5.97 Å². The number of carbonyl (C=O) groups is 2. The quantitative estimate of drug-likeness (QED) is 0.530. The minimum absolute atomic E-state index is 0.0181. The lowest BCUT2D eigenvalue weighted by Gasteiger charge is -2.43. The molecule has 0 aromatic heterocycles. The summed E-state index contributed by atoms with van der Waals surface area (Å²) in [6.07, 6.45) is -1.98. The number of fused-ring (bicyclic) bond motifs is 1. The zero-order valence-corrected chi connectivity index (χ0v) is 16.9. The maximum Gasteiger partial charge on any atom is 0.340 e. The fourth-order valence-corrected chi connectivity index (χ4v) is 4.07. The Hall–Kier alpha value is -1.28. The number of rotatable bonds is 4. The van der Waals surface area contributed by atoms with Crippen molar-refractivity contribution in [1.29, 1.82) is 0 Å². The number of esters is 1. The van der Waals surface area contributed by atoms with Gasteiger partial charge in [0, 0.05) is 11.5 Å². The highest BCUT2D eigenvalue weighted by atomic mass is 16.6. The van der Waals surface area contributed by atoms with Crippen LogP contribution >= 0.6 is 0 Å². The van der Waals surface area contributed by atoms with E-state index in [1.165, 1.54) is 13.8 Å². The SMILES string of the molecule is CC1=C2C(=O)[C@H](C(C)C)C[C@H](OC(=O)[C@@](C)(O)[C@H](C)O)[C@@](C)(O)[C@]2(O)CC1. The van der Waals surface area contributed by atoms with Crippen LogP contribution in [0.4, 0.5) is 0 Å². The van der Waals surface area contributed by atoms with Gasteiger partial charge in [0.25, 0.3) is 0 Å². The van der Waals surface area contributed by atoms with Crippen LogP contribution in [-0.4, -0.2) is 61.2 Å². The molecule has 2 aliphatic carbocycles. The van der Waals surface area contributed by atoms with Crippen LogP contribution in [0.1, 0.15) is 60.8 Å². The topological polar surface area (TPSA) is 124 Å². The zero-order valence-electron chi connectivity index (χ0n) is 16.9. The molecule has 154 valence electrons. The van der Waals surface area contributed by atoms with Crippen LogP contribution in [0.3, 0.4) is 0 Å². The van der Waals surface area contributed by atoms with Crippen LogP contribution in [0.2, 0.25) is 0 Å². The molecule has 7 heteroatoms. The third kappa shape index (κ3) is 3.35. The van der Waals surface area contributed by atoms with E-state index in [2.05, 4.69) is 0 Å². The molecular weight excluding hydrogens is 352 g/mol. The third-order valence-electron chi connectivity index (χ3n) is 6.50. The molecule has 0 aromatic rings. The molecule has 0 aliphatic heterocycles. The third-order valence-corrected chi connectivity index (χ3v) is 6.50. The number of carbonyl (C=O) groups excluding carboxylic acids is 2. The second-order valence-electron chi connectivity index (χ2n) is 8.83. The van der Waals surface area contributed by atoms with Crippen molar-refractivity contribution in [2.45, 2.75) is 89.8 Å². The average molecular weight is 384 g/mol. The van der Waals surface area contributed by atoms with E-state index in [4.69, 9.17) is 4.74 Å². The molecule has 0 saturated heterocycles. The lowest BCUT2D eigenvalue weighted by atomic mass is 9.76. The molecule has 0 radical (unpaired) electrons. The first-order valence-electron chi connectivity index (χ1n) is 9.48. The predicted octanol–water partition coefficient (Wildman–Crippen LogP) is 0.867. The fourth-order valence-electron chi connectivity index (χ4n) is 4.07. The monoisotopic (exact) mass is 384 g/mol. The Morgan fingerprint density at radius 2 is 1.85 bits per heavy atom. The average Bonchev–Trinajstić information content (AvgIpc) is 2.83. The van der Waals surface area contributed by atoms with Crippen molar-refractivity contribution in [3.8, 4) is 0 Å². The first-order valence-corrected chi connectivity index (χ1v) is 9.48. The molecule has 0 aromatic carbocycles. The van der Waals surface area contributed by atoms with Crippen LogP contribution < -0.4 is 0 Å². The number of aliphatic hydroxyl groups excluding tert-OH is 1. The fraction of sp³-hybridized carbons (Fsp3) is 0.800. The molecule has 1 saturated carbocycles. The maximum atomic E-state index is 13.1. The van der Waals surface area contributed by atoms with Gasteiger partial charge in [-0.25, -0.2) is 4.79 Å². The van der Waals surface area contributed by atoms with Crippen molar-refractivity contribution in [1.82, 2.24) is 0 Å². The van der Waals surface area contributed by atoms with Crippen molar-refractivity contribution < 1.29 is 34.8 Å². The summed E-state index contributed by atoms with van der Waals surface area (Å²) in [6, 6.07) is 0. The first kappa shape index (κ1) is 22.0. The van der Waals surface area contributed by atoms with Gasteiger partial charge < -0.3 is 25.2 Å². The van der Waals surface area contributed by atoms with Crippen LogP contribution in [0, 0.1) is 11.8 Å². The number of hydrogen-bond acceptors (Lipinski definition) is 7.